The van der Waals surface area contributed by atoms with E-state index in [0.29, 0.717) is 11.1 Å². The maximum atomic E-state index is 10.9. The van der Waals surface area contributed by atoms with Crippen LogP contribution in [0.2, 0.25) is 5.15 Å². The molecule has 0 aliphatic heterocycles. The zero-order chi connectivity index (χ0) is 13.1. The molecule has 0 atom stereocenters. The van der Waals surface area contributed by atoms with E-state index in [9.17, 15) is 9.59 Å². The molecule has 0 saturated carbocycles. The summed E-state index contributed by atoms with van der Waals surface area (Å²) in [5, 5.41) is 8.90. The summed E-state index contributed by atoms with van der Waals surface area (Å²) in [5.41, 5.74) is 1.91. The molecule has 1 aromatic carbocycles. The Morgan fingerprint density at radius 1 is 1.22 bits per heavy atom. The molecule has 1 heterocycles. The summed E-state index contributed by atoms with van der Waals surface area (Å²) in [6.07, 6.45) is 2.23. The lowest BCUT2D eigenvalue weighted by Gasteiger charge is -2.04. The van der Waals surface area contributed by atoms with Crippen LogP contribution in [0.4, 0.5) is 0 Å². The van der Waals surface area contributed by atoms with Crippen LogP contribution >= 0.6 is 11.6 Å². The maximum Gasteiger partial charge on any atom is 0.338 e. The molecule has 2 rings (SSSR count). The predicted octanol–water partition coefficient (Wildman–Crippen LogP) is 2.91. The molecule has 0 amide bonds. The van der Waals surface area contributed by atoms with Crippen molar-refractivity contribution in [3.63, 3.8) is 0 Å². The molecule has 0 aliphatic carbocycles. The number of carbonyl (C=O) groups excluding carboxylic acids is 1. The van der Waals surface area contributed by atoms with Gasteiger partial charge in [0.15, 0.2) is 0 Å². The van der Waals surface area contributed by atoms with Crippen LogP contribution in [0.5, 0.6) is 0 Å². The highest BCUT2D eigenvalue weighted by atomic mass is 35.5. The normalized spacial score (nSPS) is 10.1. The molecule has 2 aromatic rings. The van der Waals surface area contributed by atoms with Crippen molar-refractivity contribution in [3.8, 4) is 11.1 Å². The molecule has 18 heavy (non-hydrogen) atoms. The van der Waals surface area contributed by atoms with Crippen LogP contribution in [-0.2, 0) is 0 Å². The first kappa shape index (κ1) is 12.3. The Labute approximate surface area is 108 Å². The minimum Gasteiger partial charge on any atom is -0.478 e. The van der Waals surface area contributed by atoms with Gasteiger partial charge in [-0.2, -0.15) is 0 Å². The Morgan fingerprint density at radius 3 is 2.44 bits per heavy atom. The Bertz CT molecular complexity index is 608. The smallest absolute Gasteiger partial charge is 0.338 e. The standard InChI is InChI=1S/C13H8ClNO3/c14-12-11(13(17)18)5-10(6-15-12)9-3-1-8(7-16)2-4-9/h1-7H,(H,17,18). The molecule has 0 unspecified atom stereocenters. The Morgan fingerprint density at radius 2 is 1.89 bits per heavy atom. The molecule has 0 spiro atoms. The third-order valence-corrected chi connectivity index (χ3v) is 2.75. The predicted molar refractivity (Wildman–Crippen MR) is 67.0 cm³/mol. The molecule has 90 valence electrons. The van der Waals surface area contributed by atoms with Crippen molar-refractivity contribution in [1.82, 2.24) is 4.98 Å². The van der Waals surface area contributed by atoms with Crippen LogP contribution in [0.25, 0.3) is 11.1 Å². The third kappa shape index (κ3) is 2.38. The van der Waals surface area contributed by atoms with Crippen molar-refractivity contribution in [2.45, 2.75) is 0 Å². The molecule has 5 heteroatoms. The number of aldehydes is 1. The first-order valence-corrected chi connectivity index (χ1v) is 5.44. The van der Waals surface area contributed by atoms with Gasteiger partial charge in [0.25, 0.3) is 0 Å². The van der Waals surface area contributed by atoms with Crippen LogP contribution in [0.15, 0.2) is 36.5 Å². The summed E-state index contributed by atoms with van der Waals surface area (Å²) in [6, 6.07) is 8.20. The van der Waals surface area contributed by atoms with Gasteiger partial charge in [-0.1, -0.05) is 35.9 Å². The molecule has 1 aromatic heterocycles. The molecule has 0 fully saturated rings. The quantitative estimate of drug-likeness (QED) is 0.681. The number of hydrogen-bond donors (Lipinski definition) is 1. The summed E-state index contributed by atoms with van der Waals surface area (Å²) in [5.74, 6) is -1.13. The number of carboxylic acid groups (broad SMARTS) is 1. The molecular weight excluding hydrogens is 254 g/mol. The molecule has 1 N–H and O–H groups in total. The van der Waals surface area contributed by atoms with Crippen molar-refractivity contribution in [3.05, 3.63) is 52.8 Å². The Kier molecular flexibility index (Phi) is 3.39. The summed E-state index contributed by atoms with van der Waals surface area (Å²) >= 11 is 5.69. The van der Waals surface area contributed by atoms with Crippen molar-refractivity contribution in [2.75, 3.05) is 0 Å². The molecule has 4 nitrogen and oxygen atoms in total. The fraction of sp³-hybridized carbons (Fsp3) is 0. The number of hydrogen-bond acceptors (Lipinski definition) is 3. The lowest BCUT2D eigenvalue weighted by molar-refractivity contribution is 0.0696. The molecule has 0 radical (unpaired) electrons. The fourth-order valence-corrected chi connectivity index (χ4v) is 1.69. The first-order valence-electron chi connectivity index (χ1n) is 5.06. The average Bonchev–Trinajstić information content (AvgIpc) is 2.39. The third-order valence-electron chi connectivity index (χ3n) is 2.45. The molecule has 0 saturated heterocycles. The van der Waals surface area contributed by atoms with E-state index < -0.39 is 5.97 Å². The Balaban J connectivity index is 2.47. The van der Waals surface area contributed by atoms with E-state index >= 15 is 0 Å². The second-order valence-electron chi connectivity index (χ2n) is 3.61. The van der Waals surface area contributed by atoms with Gasteiger partial charge >= 0.3 is 5.97 Å². The zero-order valence-electron chi connectivity index (χ0n) is 9.13. The van der Waals surface area contributed by atoms with Gasteiger partial charge in [-0.05, 0) is 11.6 Å². The van der Waals surface area contributed by atoms with Crippen LogP contribution in [0.3, 0.4) is 0 Å². The monoisotopic (exact) mass is 261 g/mol. The van der Waals surface area contributed by atoms with Gasteiger partial charge in [-0.15, -0.1) is 0 Å². The molecule has 0 aliphatic rings. The fourth-order valence-electron chi connectivity index (χ4n) is 1.51. The largest absolute Gasteiger partial charge is 0.478 e. The first-order chi connectivity index (χ1) is 8.61. The highest BCUT2D eigenvalue weighted by Gasteiger charge is 2.11. The molecular formula is C13H8ClNO3. The number of aromatic nitrogens is 1. The van der Waals surface area contributed by atoms with E-state index in [2.05, 4.69) is 4.98 Å². The van der Waals surface area contributed by atoms with Crippen molar-refractivity contribution in [1.29, 1.82) is 0 Å². The van der Waals surface area contributed by atoms with E-state index in [0.717, 1.165) is 11.8 Å². The van der Waals surface area contributed by atoms with Crippen LogP contribution in [-0.4, -0.2) is 22.3 Å². The number of carbonyl (C=O) groups is 2. The second kappa shape index (κ2) is 4.98. The summed E-state index contributed by atoms with van der Waals surface area (Å²) < 4.78 is 0. The minimum absolute atomic E-state index is 0.0456. The summed E-state index contributed by atoms with van der Waals surface area (Å²) in [6.45, 7) is 0. The average molecular weight is 262 g/mol. The van der Waals surface area contributed by atoms with Gasteiger partial charge in [-0.25, -0.2) is 9.78 Å². The van der Waals surface area contributed by atoms with Gasteiger partial charge < -0.3 is 5.11 Å². The van der Waals surface area contributed by atoms with E-state index in [4.69, 9.17) is 16.7 Å². The van der Waals surface area contributed by atoms with Crippen LogP contribution < -0.4 is 0 Å². The summed E-state index contributed by atoms with van der Waals surface area (Å²) in [4.78, 5) is 25.3. The topological polar surface area (TPSA) is 67.3 Å². The lowest BCUT2D eigenvalue weighted by Crippen LogP contribution is -1.99. The second-order valence-corrected chi connectivity index (χ2v) is 3.97. The number of carboxylic acids is 1. The minimum atomic E-state index is -1.13. The lowest BCUT2D eigenvalue weighted by atomic mass is 10.0. The SMILES string of the molecule is O=Cc1ccc(-c2cnc(Cl)c(C(=O)O)c2)cc1. The number of benzene rings is 1. The van der Waals surface area contributed by atoms with E-state index in [-0.39, 0.29) is 10.7 Å². The maximum absolute atomic E-state index is 10.9. The number of rotatable bonds is 3. The summed E-state index contributed by atoms with van der Waals surface area (Å²) in [7, 11) is 0. The van der Waals surface area contributed by atoms with Crippen molar-refractivity contribution in [2.24, 2.45) is 0 Å². The van der Waals surface area contributed by atoms with Gasteiger partial charge in [0, 0.05) is 17.3 Å². The van der Waals surface area contributed by atoms with E-state index in [1.165, 1.54) is 12.3 Å². The highest BCUT2D eigenvalue weighted by Crippen LogP contribution is 2.23. The highest BCUT2D eigenvalue weighted by molar-refractivity contribution is 6.32. The van der Waals surface area contributed by atoms with E-state index in [1.54, 1.807) is 24.3 Å². The molecule has 0 bridgehead atoms. The van der Waals surface area contributed by atoms with Gasteiger partial charge in [0.05, 0.1) is 5.56 Å². The number of nitrogens with zero attached hydrogens (tertiary/aromatic N) is 1. The van der Waals surface area contributed by atoms with Crippen molar-refractivity contribution >= 4 is 23.9 Å². The van der Waals surface area contributed by atoms with E-state index in [1.807, 2.05) is 0 Å². The number of pyridine rings is 1. The Hall–Kier alpha value is -2.20. The van der Waals surface area contributed by atoms with Gasteiger partial charge in [0.1, 0.15) is 11.4 Å². The van der Waals surface area contributed by atoms with Crippen LogP contribution in [0, 0.1) is 0 Å². The number of halogens is 1. The van der Waals surface area contributed by atoms with Crippen molar-refractivity contribution < 1.29 is 14.7 Å². The van der Waals surface area contributed by atoms with Gasteiger partial charge in [-0.3, -0.25) is 4.79 Å². The van der Waals surface area contributed by atoms with Crippen LogP contribution in [0.1, 0.15) is 20.7 Å². The number of aromatic carboxylic acids is 1. The zero-order valence-corrected chi connectivity index (χ0v) is 9.89. The van der Waals surface area contributed by atoms with Gasteiger partial charge in [0.2, 0.25) is 0 Å².